The second kappa shape index (κ2) is 82.2. The van der Waals surface area contributed by atoms with Crippen molar-refractivity contribution in [3.8, 4) is 0 Å². The van der Waals surface area contributed by atoms with Crippen LogP contribution >= 0.6 is 7.82 Å². The molecule has 0 aromatic heterocycles. The number of rotatable bonds is 77. The standard InChI is InChI=1S/C94H158NO8P/c1-6-8-10-12-14-16-18-20-22-24-26-28-30-32-34-36-38-40-42-44-46-47-49-50-52-54-56-58-60-62-64-66-68-70-72-74-76-78-80-82-84-86-93(96)100-90-92(91-102-104(98,99)101-89-88-95(3,4)5)103-94(97)87-85-83-81-79-77-75-73-71-69-67-65-63-61-59-57-55-53-51-48-45-43-41-39-37-35-33-31-29-27-25-23-21-19-17-15-13-11-9-7-2/h8-11,14-17,20-23,26-29,32-35,39,41,45,48,53,55,59,61,65,67,92H,6-7,12-13,18-19,24-25,30-31,36-38,40,42-44,46-47,49-52,54,56-58,60,62-64,66,68-91H2,1-5H3/p+1/b10-8-,11-9-,16-14-,17-15-,22-20-,23-21-,28-26-,29-27-,34-32-,35-33-,41-39-,48-45-,55-53-,61-59-,67-65-. The molecular weight excluding hydrogens is 1300 g/mol. The highest BCUT2D eigenvalue weighted by molar-refractivity contribution is 7.47. The van der Waals surface area contributed by atoms with Crippen molar-refractivity contribution in [1.82, 2.24) is 0 Å². The first-order chi connectivity index (χ1) is 51.0. The van der Waals surface area contributed by atoms with E-state index in [2.05, 4.69) is 196 Å². The Balaban J connectivity index is 3.99. The topological polar surface area (TPSA) is 108 Å². The van der Waals surface area contributed by atoms with E-state index in [1.807, 2.05) is 21.1 Å². The second-order valence-electron chi connectivity index (χ2n) is 29.1. The molecule has 2 unspecified atom stereocenters. The Kier molecular flexibility index (Phi) is 78.3. The number of phosphoric acid groups is 1. The lowest BCUT2D eigenvalue weighted by atomic mass is 10.0. The van der Waals surface area contributed by atoms with E-state index in [0.717, 1.165) is 141 Å². The summed E-state index contributed by atoms with van der Waals surface area (Å²) in [6.45, 7) is 4.21. The predicted molar refractivity (Wildman–Crippen MR) is 454 cm³/mol. The highest BCUT2D eigenvalue weighted by Crippen LogP contribution is 2.43. The number of phosphoric ester groups is 1. The summed E-state index contributed by atoms with van der Waals surface area (Å²) >= 11 is 0. The van der Waals surface area contributed by atoms with Crippen LogP contribution in [0.4, 0.5) is 0 Å². The second-order valence-corrected chi connectivity index (χ2v) is 30.6. The minimum absolute atomic E-state index is 0.0237. The van der Waals surface area contributed by atoms with E-state index in [4.69, 9.17) is 18.5 Å². The molecule has 0 amide bonds. The normalized spacial score (nSPS) is 13.9. The van der Waals surface area contributed by atoms with Gasteiger partial charge in [-0.05, 0) is 135 Å². The SMILES string of the molecule is CC/C=C\C/C=C\C/C=C\C/C=C\C/C=C\C/C=C\C/C=C\C/C=C\C/C=C\C/C=C\CCCCCCCCCCC(=O)OC(COC(=O)CCCCCCCCCCCCCCCCCCCCCCCCCCC/C=C\C/C=C\C/C=C\C/C=C\C/C=C\CC)COP(=O)(O)OCC[N+](C)(C)C. The van der Waals surface area contributed by atoms with Gasteiger partial charge >= 0.3 is 19.8 Å². The summed E-state index contributed by atoms with van der Waals surface area (Å²) in [5, 5.41) is 0. The fraction of sp³-hybridized carbons (Fsp3) is 0.660. The van der Waals surface area contributed by atoms with Crippen molar-refractivity contribution in [2.45, 2.75) is 354 Å². The molecule has 0 radical (unpaired) electrons. The quantitative estimate of drug-likeness (QED) is 0.0211. The molecule has 1 N–H and O–H groups in total. The lowest BCUT2D eigenvalue weighted by Gasteiger charge is -2.24. The summed E-state index contributed by atoms with van der Waals surface area (Å²) in [7, 11) is 1.46. The number of esters is 2. The largest absolute Gasteiger partial charge is 0.472 e. The van der Waals surface area contributed by atoms with Crippen LogP contribution in [0, 0.1) is 0 Å². The number of quaternary nitrogens is 1. The lowest BCUT2D eigenvalue weighted by Crippen LogP contribution is -2.37. The van der Waals surface area contributed by atoms with Gasteiger partial charge in [-0.1, -0.05) is 382 Å². The van der Waals surface area contributed by atoms with Gasteiger partial charge in [0, 0.05) is 12.8 Å². The maximum Gasteiger partial charge on any atom is 0.472 e. The first-order valence-electron chi connectivity index (χ1n) is 42.5. The van der Waals surface area contributed by atoms with Crippen LogP contribution in [0.1, 0.15) is 348 Å². The van der Waals surface area contributed by atoms with Crippen molar-refractivity contribution < 1.29 is 42.1 Å². The number of carbonyl (C=O) groups is 2. The Labute approximate surface area is 641 Å². The number of allylic oxidation sites excluding steroid dienone is 30. The van der Waals surface area contributed by atoms with Crippen molar-refractivity contribution in [3.63, 3.8) is 0 Å². The minimum Gasteiger partial charge on any atom is -0.462 e. The lowest BCUT2D eigenvalue weighted by molar-refractivity contribution is -0.870. The number of likely N-dealkylation sites (N-methyl/N-ethyl adjacent to an activating group) is 1. The first kappa shape index (κ1) is 99.1. The van der Waals surface area contributed by atoms with Gasteiger partial charge in [-0.25, -0.2) is 4.57 Å². The molecule has 0 saturated heterocycles. The number of hydrogen-bond acceptors (Lipinski definition) is 7. The van der Waals surface area contributed by atoms with Gasteiger partial charge in [0.15, 0.2) is 6.10 Å². The third-order valence-corrected chi connectivity index (χ3v) is 18.9. The van der Waals surface area contributed by atoms with Crippen LogP contribution in [0.15, 0.2) is 182 Å². The van der Waals surface area contributed by atoms with Gasteiger partial charge in [0.1, 0.15) is 19.8 Å². The Morgan fingerprint density at radius 1 is 0.298 bits per heavy atom. The molecule has 0 aliphatic rings. The molecule has 0 heterocycles. The van der Waals surface area contributed by atoms with Crippen LogP contribution in [0.25, 0.3) is 0 Å². The summed E-state index contributed by atoms with van der Waals surface area (Å²) in [4.78, 5) is 36.0. The van der Waals surface area contributed by atoms with Crippen LogP contribution in [0.3, 0.4) is 0 Å². The van der Waals surface area contributed by atoms with Crippen molar-refractivity contribution >= 4 is 19.8 Å². The van der Waals surface area contributed by atoms with E-state index < -0.39 is 26.5 Å². The number of hydrogen-bond donors (Lipinski definition) is 1. The van der Waals surface area contributed by atoms with Crippen molar-refractivity contribution in [2.75, 3.05) is 47.5 Å². The average molecular weight is 1460 g/mol. The van der Waals surface area contributed by atoms with Gasteiger partial charge in [0.25, 0.3) is 0 Å². The fourth-order valence-electron chi connectivity index (χ4n) is 11.5. The molecule has 592 valence electrons. The van der Waals surface area contributed by atoms with E-state index in [1.165, 1.54) is 173 Å². The molecule has 0 aromatic carbocycles. The van der Waals surface area contributed by atoms with Crippen LogP contribution in [0.2, 0.25) is 0 Å². The molecule has 0 aliphatic heterocycles. The van der Waals surface area contributed by atoms with E-state index in [-0.39, 0.29) is 32.0 Å². The minimum atomic E-state index is -4.41. The maximum atomic E-state index is 12.9. The maximum absolute atomic E-state index is 12.9. The predicted octanol–water partition coefficient (Wildman–Crippen LogP) is 28.9. The summed E-state index contributed by atoms with van der Waals surface area (Å²) in [5.74, 6) is -0.804. The average Bonchev–Trinajstić information content (AvgIpc) is 0.915. The zero-order valence-corrected chi connectivity index (χ0v) is 68.6. The zero-order valence-electron chi connectivity index (χ0n) is 67.7. The third kappa shape index (κ3) is 86.0. The number of unbranched alkanes of at least 4 members (excludes halogenated alkanes) is 33. The van der Waals surface area contributed by atoms with E-state index in [0.29, 0.717) is 17.4 Å². The molecule has 0 spiro atoms. The molecule has 0 rings (SSSR count). The summed E-state index contributed by atoms with van der Waals surface area (Å²) < 4.78 is 34.8. The summed E-state index contributed by atoms with van der Waals surface area (Å²) in [5.41, 5.74) is 0. The Morgan fingerprint density at radius 2 is 0.519 bits per heavy atom. The third-order valence-electron chi connectivity index (χ3n) is 17.9. The van der Waals surface area contributed by atoms with Crippen molar-refractivity contribution in [1.29, 1.82) is 0 Å². The molecular formula is C94H159NO8P+. The van der Waals surface area contributed by atoms with Gasteiger partial charge in [0.2, 0.25) is 0 Å². The van der Waals surface area contributed by atoms with Gasteiger partial charge in [-0.15, -0.1) is 0 Å². The van der Waals surface area contributed by atoms with Crippen LogP contribution in [-0.2, 0) is 32.7 Å². The molecule has 10 heteroatoms. The fourth-order valence-corrected chi connectivity index (χ4v) is 12.3. The van der Waals surface area contributed by atoms with Crippen LogP contribution < -0.4 is 0 Å². The highest BCUT2D eigenvalue weighted by atomic mass is 31.2. The molecule has 0 aliphatic carbocycles. The molecule has 0 aromatic rings. The Bertz CT molecular complexity index is 2420. The van der Waals surface area contributed by atoms with Crippen molar-refractivity contribution in [3.05, 3.63) is 182 Å². The molecule has 0 bridgehead atoms. The van der Waals surface area contributed by atoms with E-state index in [9.17, 15) is 19.0 Å². The Hall–Kier alpha value is -4.89. The number of carbonyl (C=O) groups excluding carboxylic acids is 2. The zero-order chi connectivity index (χ0) is 75.4. The molecule has 104 heavy (non-hydrogen) atoms. The van der Waals surface area contributed by atoms with Crippen molar-refractivity contribution in [2.24, 2.45) is 0 Å². The molecule has 9 nitrogen and oxygen atoms in total. The van der Waals surface area contributed by atoms with Gasteiger partial charge in [-0.2, -0.15) is 0 Å². The smallest absolute Gasteiger partial charge is 0.462 e. The molecule has 0 fully saturated rings. The van der Waals surface area contributed by atoms with Gasteiger partial charge in [0.05, 0.1) is 27.7 Å². The number of ether oxygens (including phenoxy) is 2. The first-order valence-corrected chi connectivity index (χ1v) is 44.0. The van der Waals surface area contributed by atoms with Gasteiger partial charge in [-0.3, -0.25) is 18.6 Å². The van der Waals surface area contributed by atoms with E-state index >= 15 is 0 Å². The number of nitrogens with zero attached hydrogens (tertiary/aromatic N) is 1. The Morgan fingerprint density at radius 3 is 0.769 bits per heavy atom. The van der Waals surface area contributed by atoms with Crippen LogP contribution in [-0.4, -0.2) is 74.9 Å². The summed E-state index contributed by atoms with van der Waals surface area (Å²) in [6.07, 6.45) is 126. The van der Waals surface area contributed by atoms with E-state index in [1.54, 1.807) is 0 Å². The molecule has 2 atom stereocenters. The summed E-state index contributed by atoms with van der Waals surface area (Å²) in [6, 6.07) is 0. The van der Waals surface area contributed by atoms with Gasteiger partial charge < -0.3 is 18.9 Å². The van der Waals surface area contributed by atoms with Crippen LogP contribution in [0.5, 0.6) is 0 Å². The monoisotopic (exact) mass is 1460 g/mol. The highest BCUT2D eigenvalue weighted by Gasteiger charge is 2.27. The molecule has 0 saturated carbocycles.